The molecule has 2 aromatic carbocycles. The first-order valence-electron chi connectivity index (χ1n) is 9.04. The maximum atomic E-state index is 10.8. The highest BCUT2D eigenvalue weighted by molar-refractivity contribution is 5.32. The van der Waals surface area contributed by atoms with E-state index < -0.39 is 5.60 Å². The van der Waals surface area contributed by atoms with Crippen LogP contribution in [-0.4, -0.2) is 53.6 Å². The first-order chi connectivity index (χ1) is 12.6. The molecule has 1 saturated heterocycles. The summed E-state index contributed by atoms with van der Waals surface area (Å²) in [6, 6.07) is 15.7. The number of para-hydroxylation sites is 1. The summed E-state index contributed by atoms with van der Waals surface area (Å²) in [7, 11) is 0. The van der Waals surface area contributed by atoms with E-state index in [1.807, 2.05) is 55.5 Å². The SMILES string of the molecule is Cc1ccccc1OCC1(O)CCN(Cc2cccc(OCCO)c2)C1. The molecule has 2 aromatic rings. The zero-order chi connectivity index (χ0) is 18.4. The summed E-state index contributed by atoms with van der Waals surface area (Å²) in [5.74, 6) is 1.59. The maximum Gasteiger partial charge on any atom is 0.122 e. The molecule has 5 nitrogen and oxygen atoms in total. The van der Waals surface area contributed by atoms with Gasteiger partial charge in [0.15, 0.2) is 0 Å². The Morgan fingerprint density at radius 3 is 2.77 bits per heavy atom. The van der Waals surface area contributed by atoms with E-state index in [1.54, 1.807) is 0 Å². The Hall–Kier alpha value is -2.08. The van der Waals surface area contributed by atoms with Crippen LogP contribution in [-0.2, 0) is 6.54 Å². The van der Waals surface area contributed by atoms with Crippen LogP contribution < -0.4 is 9.47 Å². The number of ether oxygens (including phenoxy) is 2. The molecule has 5 heteroatoms. The Balaban J connectivity index is 1.54. The van der Waals surface area contributed by atoms with Gasteiger partial charge in [-0.3, -0.25) is 4.90 Å². The quantitative estimate of drug-likeness (QED) is 0.760. The third kappa shape index (κ3) is 4.97. The lowest BCUT2D eigenvalue weighted by atomic mass is 10.1. The van der Waals surface area contributed by atoms with E-state index in [9.17, 15) is 5.11 Å². The lowest BCUT2D eigenvalue weighted by molar-refractivity contribution is 0.00320. The van der Waals surface area contributed by atoms with Crippen molar-refractivity contribution in [2.75, 3.05) is 32.9 Å². The molecule has 1 aliphatic rings. The summed E-state index contributed by atoms with van der Waals surface area (Å²) in [6.07, 6.45) is 0.694. The fraction of sp³-hybridized carbons (Fsp3) is 0.429. The van der Waals surface area contributed by atoms with Crippen molar-refractivity contribution in [1.29, 1.82) is 0 Å². The first kappa shape index (κ1) is 18.7. The molecule has 0 saturated carbocycles. The van der Waals surface area contributed by atoms with E-state index in [0.29, 0.717) is 26.2 Å². The number of aliphatic hydroxyl groups is 2. The van der Waals surface area contributed by atoms with Crippen LogP contribution in [0.5, 0.6) is 11.5 Å². The third-order valence-electron chi connectivity index (χ3n) is 4.67. The molecule has 1 unspecified atom stereocenters. The molecular formula is C21H27NO4. The van der Waals surface area contributed by atoms with Crippen molar-refractivity contribution >= 4 is 0 Å². The molecular weight excluding hydrogens is 330 g/mol. The van der Waals surface area contributed by atoms with Gasteiger partial charge in [0, 0.05) is 19.6 Å². The minimum atomic E-state index is -0.826. The van der Waals surface area contributed by atoms with Gasteiger partial charge in [-0.05, 0) is 42.7 Å². The number of aliphatic hydroxyl groups excluding tert-OH is 1. The molecule has 1 aliphatic heterocycles. The smallest absolute Gasteiger partial charge is 0.122 e. The van der Waals surface area contributed by atoms with E-state index in [1.165, 1.54) is 0 Å². The lowest BCUT2D eigenvalue weighted by Gasteiger charge is -2.24. The van der Waals surface area contributed by atoms with E-state index >= 15 is 0 Å². The molecule has 26 heavy (non-hydrogen) atoms. The molecule has 140 valence electrons. The Labute approximate surface area is 154 Å². The number of rotatable bonds is 8. The monoisotopic (exact) mass is 357 g/mol. The average Bonchev–Trinajstić information content (AvgIpc) is 3.01. The average molecular weight is 357 g/mol. The van der Waals surface area contributed by atoms with Gasteiger partial charge in [-0.15, -0.1) is 0 Å². The Morgan fingerprint density at radius 2 is 1.96 bits per heavy atom. The van der Waals surface area contributed by atoms with Gasteiger partial charge in [-0.25, -0.2) is 0 Å². The molecule has 0 spiro atoms. The Morgan fingerprint density at radius 1 is 1.12 bits per heavy atom. The van der Waals surface area contributed by atoms with Gasteiger partial charge in [-0.1, -0.05) is 30.3 Å². The van der Waals surface area contributed by atoms with Crippen molar-refractivity contribution in [3.8, 4) is 11.5 Å². The number of benzene rings is 2. The normalized spacial score (nSPS) is 20.3. The van der Waals surface area contributed by atoms with Crippen molar-refractivity contribution in [3.63, 3.8) is 0 Å². The fourth-order valence-corrected chi connectivity index (χ4v) is 3.28. The largest absolute Gasteiger partial charge is 0.491 e. The van der Waals surface area contributed by atoms with Gasteiger partial charge in [0.2, 0.25) is 0 Å². The number of β-amino-alcohol motifs (C(OH)–C–C–N with tert-alkyl or cyclic N) is 1. The van der Waals surface area contributed by atoms with Gasteiger partial charge < -0.3 is 19.7 Å². The van der Waals surface area contributed by atoms with Crippen LogP contribution in [0.1, 0.15) is 17.5 Å². The minimum absolute atomic E-state index is 0.00424. The maximum absolute atomic E-state index is 10.8. The summed E-state index contributed by atoms with van der Waals surface area (Å²) in [6.45, 7) is 4.77. The Kier molecular flexibility index (Phi) is 6.14. The fourth-order valence-electron chi connectivity index (χ4n) is 3.28. The summed E-state index contributed by atoms with van der Waals surface area (Å²) in [4.78, 5) is 2.23. The predicted molar refractivity (Wildman–Crippen MR) is 101 cm³/mol. The van der Waals surface area contributed by atoms with Crippen LogP contribution in [0, 0.1) is 6.92 Å². The molecule has 0 aromatic heterocycles. The summed E-state index contributed by atoms with van der Waals surface area (Å²) in [5.41, 5.74) is 1.38. The highest BCUT2D eigenvalue weighted by Crippen LogP contribution is 2.26. The molecule has 1 atom stereocenters. The third-order valence-corrected chi connectivity index (χ3v) is 4.67. The van der Waals surface area contributed by atoms with Crippen molar-refractivity contribution < 1.29 is 19.7 Å². The highest BCUT2D eigenvalue weighted by Gasteiger charge is 2.36. The van der Waals surface area contributed by atoms with Crippen molar-refractivity contribution in [1.82, 2.24) is 4.90 Å². The van der Waals surface area contributed by atoms with E-state index in [2.05, 4.69) is 4.90 Å². The second-order valence-corrected chi connectivity index (χ2v) is 6.96. The highest BCUT2D eigenvalue weighted by atomic mass is 16.5. The lowest BCUT2D eigenvalue weighted by Crippen LogP contribution is -2.39. The standard InChI is InChI=1S/C21H27NO4/c1-17-5-2-3-8-20(17)26-16-21(24)9-10-22(15-21)14-18-6-4-7-19(13-18)25-12-11-23/h2-8,13,23-24H,9-12,14-16H2,1H3. The molecule has 1 fully saturated rings. The summed E-state index contributed by atoms with van der Waals surface area (Å²) >= 11 is 0. The van der Waals surface area contributed by atoms with Crippen molar-refractivity contribution in [2.24, 2.45) is 0 Å². The number of hydrogen-bond donors (Lipinski definition) is 2. The summed E-state index contributed by atoms with van der Waals surface area (Å²) in [5, 5.41) is 19.7. The van der Waals surface area contributed by atoms with Gasteiger partial charge in [-0.2, -0.15) is 0 Å². The molecule has 0 bridgehead atoms. The van der Waals surface area contributed by atoms with Crippen LogP contribution in [0.25, 0.3) is 0 Å². The Bertz CT molecular complexity index is 721. The molecule has 0 aliphatic carbocycles. The minimum Gasteiger partial charge on any atom is -0.491 e. The molecule has 0 radical (unpaired) electrons. The molecule has 3 rings (SSSR count). The van der Waals surface area contributed by atoms with E-state index in [4.69, 9.17) is 14.6 Å². The van der Waals surface area contributed by atoms with Crippen LogP contribution in [0.4, 0.5) is 0 Å². The number of nitrogens with zero attached hydrogens (tertiary/aromatic N) is 1. The van der Waals surface area contributed by atoms with Gasteiger partial charge in [0.05, 0.1) is 6.61 Å². The zero-order valence-corrected chi connectivity index (χ0v) is 15.2. The zero-order valence-electron chi connectivity index (χ0n) is 15.2. The van der Waals surface area contributed by atoms with E-state index in [-0.39, 0.29) is 6.61 Å². The second kappa shape index (κ2) is 8.54. The predicted octanol–water partition coefficient (Wildman–Crippen LogP) is 2.38. The van der Waals surface area contributed by atoms with E-state index in [0.717, 1.165) is 35.7 Å². The van der Waals surface area contributed by atoms with Crippen LogP contribution in [0.15, 0.2) is 48.5 Å². The van der Waals surface area contributed by atoms with Gasteiger partial charge in [0.25, 0.3) is 0 Å². The molecule has 1 heterocycles. The topological polar surface area (TPSA) is 62.2 Å². The number of hydrogen-bond acceptors (Lipinski definition) is 5. The number of likely N-dealkylation sites (tertiary alicyclic amines) is 1. The molecule has 2 N–H and O–H groups in total. The number of aryl methyl sites for hydroxylation is 1. The van der Waals surface area contributed by atoms with Crippen molar-refractivity contribution in [3.05, 3.63) is 59.7 Å². The van der Waals surface area contributed by atoms with Crippen molar-refractivity contribution in [2.45, 2.75) is 25.5 Å². The van der Waals surface area contributed by atoms with Gasteiger partial charge >= 0.3 is 0 Å². The molecule has 0 amide bonds. The first-order valence-corrected chi connectivity index (χ1v) is 9.04. The second-order valence-electron chi connectivity index (χ2n) is 6.96. The van der Waals surface area contributed by atoms with Gasteiger partial charge in [0.1, 0.15) is 30.3 Å². The van der Waals surface area contributed by atoms with Crippen LogP contribution in [0.2, 0.25) is 0 Å². The van der Waals surface area contributed by atoms with Crippen LogP contribution >= 0.6 is 0 Å². The summed E-state index contributed by atoms with van der Waals surface area (Å²) < 4.78 is 11.3. The van der Waals surface area contributed by atoms with Crippen LogP contribution in [0.3, 0.4) is 0 Å².